The van der Waals surface area contributed by atoms with Crippen LogP contribution in [0.15, 0.2) is 59.8 Å². The van der Waals surface area contributed by atoms with Gasteiger partial charge in [-0.05, 0) is 67.6 Å². The lowest BCUT2D eigenvalue weighted by Gasteiger charge is -2.27. The molecule has 1 unspecified atom stereocenters. The van der Waals surface area contributed by atoms with Crippen LogP contribution in [0.4, 0.5) is 0 Å². The number of Topliss-reactive ketones (excluding diaryl/α,β-unsaturated/α-hetero) is 3. The number of pyridine rings is 2. The van der Waals surface area contributed by atoms with Gasteiger partial charge in [0.2, 0.25) is 0 Å². The number of ether oxygens (including phenoxy) is 3. The minimum atomic E-state index is -0.981. The Kier molecular flexibility index (Phi) is 14.8. The molecule has 1 aliphatic heterocycles. The highest BCUT2D eigenvalue weighted by Crippen LogP contribution is 2.38. The number of unbranched alkanes of at least 4 members (excludes halogenated alkanes) is 6. The predicted octanol–water partition coefficient (Wildman–Crippen LogP) is 5.22. The van der Waals surface area contributed by atoms with E-state index < -0.39 is 23.6 Å². The maximum Gasteiger partial charge on any atom is 0.266 e. The molecule has 1 fully saturated rings. The van der Waals surface area contributed by atoms with E-state index in [0.29, 0.717) is 42.9 Å². The molecule has 0 saturated heterocycles. The Morgan fingerprint density at radius 2 is 1.57 bits per heavy atom. The number of aromatic nitrogens is 2. The maximum atomic E-state index is 13.2. The molecule has 15 nitrogen and oxygen atoms in total. The molecule has 2 aliphatic rings. The van der Waals surface area contributed by atoms with Gasteiger partial charge in [-0.1, -0.05) is 38.2 Å². The van der Waals surface area contributed by atoms with Crippen LogP contribution in [0.5, 0.6) is 17.2 Å². The molecular formula is C46H53N5O10. The molecular weight excluding hydrogens is 783 g/mol. The Morgan fingerprint density at radius 1 is 0.869 bits per heavy atom. The molecule has 3 amide bonds. The third kappa shape index (κ3) is 10.4. The zero-order valence-corrected chi connectivity index (χ0v) is 35.3. The Labute approximate surface area is 354 Å². The molecule has 6 rings (SSSR count). The van der Waals surface area contributed by atoms with E-state index in [-0.39, 0.29) is 65.8 Å². The molecule has 0 radical (unpaired) electrons. The van der Waals surface area contributed by atoms with Gasteiger partial charge in [-0.15, -0.1) is 0 Å². The molecule has 1 atom stereocenters. The molecule has 2 aromatic heterocycles. The second kappa shape index (κ2) is 20.4. The molecule has 3 heterocycles. The molecule has 61 heavy (non-hydrogen) atoms. The van der Waals surface area contributed by atoms with Crippen molar-refractivity contribution in [2.75, 3.05) is 41.0 Å². The summed E-state index contributed by atoms with van der Waals surface area (Å²) in [4.78, 5) is 95.6. The van der Waals surface area contributed by atoms with Crippen molar-refractivity contribution < 1.29 is 43.0 Å². The third-order valence-electron chi connectivity index (χ3n) is 11.3. The van der Waals surface area contributed by atoms with E-state index in [9.17, 15) is 33.6 Å². The molecule has 0 bridgehead atoms. The summed E-state index contributed by atoms with van der Waals surface area (Å²) < 4.78 is 18.8. The lowest BCUT2D eigenvalue weighted by Crippen LogP contribution is -2.47. The molecule has 4 aromatic rings. The summed E-state index contributed by atoms with van der Waals surface area (Å²) in [5.41, 5.74) is 2.50. The van der Waals surface area contributed by atoms with Gasteiger partial charge >= 0.3 is 0 Å². The summed E-state index contributed by atoms with van der Waals surface area (Å²) in [6.45, 7) is 0.863. The number of rotatable bonds is 21. The van der Waals surface area contributed by atoms with Crippen LogP contribution in [0.25, 0.3) is 21.9 Å². The van der Waals surface area contributed by atoms with Crippen LogP contribution in [0, 0.1) is 0 Å². The lowest BCUT2D eigenvalue weighted by molar-refractivity contribution is -0.132. The molecule has 1 saturated carbocycles. The van der Waals surface area contributed by atoms with Gasteiger partial charge in [0.05, 0.1) is 55.3 Å². The van der Waals surface area contributed by atoms with Crippen molar-refractivity contribution in [1.82, 2.24) is 24.7 Å². The summed E-state index contributed by atoms with van der Waals surface area (Å²) in [6, 6.07) is 9.25. The van der Waals surface area contributed by atoms with Gasteiger partial charge in [0.25, 0.3) is 23.3 Å². The first kappa shape index (κ1) is 44.3. The number of carbonyl (C=O) groups excluding carboxylic acids is 6. The summed E-state index contributed by atoms with van der Waals surface area (Å²) in [5, 5.41) is 4.13. The zero-order valence-electron chi connectivity index (χ0n) is 35.3. The number of fused-ring (bicyclic) bond motifs is 2. The fourth-order valence-corrected chi connectivity index (χ4v) is 8.10. The van der Waals surface area contributed by atoms with Crippen LogP contribution in [0.3, 0.4) is 0 Å². The Morgan fingerprint density at radius 3 is 2.28 bits per heavy atom. The molecule has 15 heteroatoms. The van der Waals surface area contributed by atoms with Gasteiger partial charge in [0, 0.05) is 57.1 Å². The van der Waals surface area contributed by atoms with Crippen molar-refractivity contribution in [2.45, 2.75) is 83.2 Å². The lowest BCUT2D eigenvalue weighted by atomic mass is 9.92. The number of nitrogens with one attached hydrogen (secondary N) is 1. The highest BCUT2D eigenvalue weighted by molar-refractivity contribution is 6.24. The highest BCUT2D eigenvalue weighted by atomic mass is 16.5. The summed E-state index contributed by atoms with van der Waals surface area (Å²) in [6.07, 6.45) is 12.0. The van der Waals surface area contributed by atoms with Crippen LogP contribution in [0.2, 0.25) is 0 Å². The average Bonchev–Trinajstić information content (AvgIpc) is 3.50. The van der Waals surface area contributed by atoms with E-state index in [4.69, 9.17) is 14.2 Å². The fraction of sp³-hybridized carbons (Fsp3) is 0.435. The van der Waals surface area contributed by atoms with Crippen molar-refractivity contribution in [1.29, 1.82) is 0 Å². The van der Waals surface area contributed by atoms with Gasteiger partial charge in [-0.3, -0.25) is 48.3 Å². The highest BCUT2D eigenvalue weighted by Gasteiger charge is 2.45. The number of hydrogen-bond donors (Lipinski definition) is 1. The number of carbonyl (C=O) groups is 6. The van der Waals surface area contributed by atoms with E-state index in [1.165, 1.54) is 16.7 Å². The van der Waals surface area contributed by atoms with Crippen LogP contribution in [-0.2, 0) is 32.8 Å². The van der Waals surface area contributed by atoms with E-state index in [2.05, 4.69) is 10.3 Å². The van der Waals surface area contributed by atoms with E-state index in [1.54, 1.807) is 45.9 Å². The van der Waals surface area contributed by atoms with Gasteiger partial charge in [0.1, 0.15) is 28.8 Å². The minimum Gasteiger partial charge on any atom is -0.496 e. The van der Waals surface area contributed by atoms with Crippen molar-refractivity contribution in [3.05, 3.63) is 82.0 Å². The SMILES string of the molecule is COc1cc(-c2cn(C)c(=O)c3cnccc23)cc(OC)c1CN(C)CC(=O)CCCCCCCCCNC(=O)COc1cccc2c1C(=O)N(C1CCC(=O)CC1=O)C2=O. The largest absolute Gasteiger partial charge is 0.496 e. The quantitative estimate of drug-likeness (QED) is 0.0657. The summed E-state index contributed by atoms with van der Waals surface area (Å²) >= 11 is 0. The average molecular weight is 836 g/mol. The molecule has 2 aromatic carbocycles. The van der Waals surface area contributed by atoms with Crippen molar-refractivity contribution in [2.24, 2.45) is 7.05 Å². The Balaban J connectivity index is 0.857. The molecule has 1 N–H and O–H groups in total. The van der Waals surface area contributed by atoms with E-state index in [0.717, 1.165) is 71.9 Å². The topological polar surface area (TPSA) is 184 Å². The molecule has 322 valence electrons. The first-order chi connectivity index (χ1) is 29.4. The van der Waals surface area contributed by atoms with Crippen LogP contribution < -0.4 is 25.1 Å². The zero-order chi connectivity index (χ0) is 43.6. The monoisotopic (exact) mass is 835 g/mol. The van der Waals surface area contributed by atoms with Gasteiger partial charge in [-0.2, -0.15) is 0 Å². The van der Waals surface area contributed by atoms with Gasteiger partial charge in [-0.25, -0.2) is 0 Å². The fourth-order valence-electron chi connectivity index (χ4n) is 8.10. The summed E-state index contributed by atoms with van der Waals surface area (Å²) in [7, 11) is 6.81. The molecule has 1 aliphatic carbocycles. The number of likely N-dealkylation sites (N-methyl/N-ethyl adjacent to an activating group) is 1. The second-order valence-electron chi connectivity index (χ2n) is 15.7. The number of benzene rings is 2. The first-order valence-corrected chi connectivity index (χ1v) is 20.8. The number of aryl methyl sites for hydroxylation is 1. The van der Waals surface area contributed by atoms with Crippen LogP contribution in [0.1, 0.15) is 96.9 Å². The van der Waals surface area contributed by atoms with Crippen molar-refractivity contribution in [3.63, 3.8) is 0 Å². The number of methoxy groups -OCH3 is 2. The van der Waals surface area contributed by atoms with E-state index in [1.807, 2.05) is 30.1 Å². The van der Waals surface area contributed by atoms with Crippen molar-refractivity contribution in [3.8, 4) is 28.4 Å². The van der Waals surface area contributed by atoms with Crippen LogP contribution in [-0.4, -0.2) is 101 Å². The number of nitrogens with zero attached hydrogens (tertiary/aromatic N) is 4. The predicted molar refractivity (Wildman–Crippen MR) is 227 cm³/mol. The number of amides is 3. The normalized spacial score (nSPS) is 15.1. The third-order valence-corrected chi connectivity index (χ3v) is 11.3. The number of imide groups is 1. The smallest absolute Gasteiger partial charge is 0.266 e. The van der Waals surface area contributed by atoms with Crippen molar-refractivity contribution >= 4 is 45.8 Å². The van der Waals surface area contributed by atoms with E-state index >= 15 is 0 Å². The maximum absolute atomic E-state index is 13.2. The number of ketones is 3. The van der Waals surface area contributed by atoms with Gasteiger partial charge < -0.3 is 24.1 Å². The second-order valence-corrected chi connectivity index (χ2v) is 15.7. The number of hydrogen-bond acceptors (Lipinski definition) is 12. The first-order valence-electron chi connectivity index (χ1n) is 20.8. The summed E-state index contributed by atoms with van der Waals surface area (Å²) in [5.74, 6) is -0.779. The Hall–Kier alpha value is -6.22. The van der Waals surface area contributed by atoms with Gasteiger partial charge in [0.15, 0.2) is 12.4 Å². The minimum absolute atomic E-state index is 0.0234. The standard InChI is InChI=1S/C46H53N5O10/c1-49(26-36-40(59-3)21-29(22-41(36)60-4)35-27-50(2)44(56)34-24-47-20-18-32(34)35)25-31(53)13-10-8-6-5-7-9-11-19-48-42(55)28-61-39-15-12-14-33-43(39)46(58)51(45(33)57)37-17-16-30(52)23-38(37)54/h12,14-15,18,20-22,24,27,37H,5-11,13,16-17,19,23,25-26,28H2,1-4H3,(H,48,55). The van der Waals surface area contributed by atoms with Crippen LogP contribution >= 0.6 is 0 Å². The molecule has 0 spiro atoms. The Bertz CT molecular complexity index is 2370.